The lowest BCUT2D eigenvalue weighted by molar-refractivity contribution is 0.102. The maximum atomic E-state index is 12.9. The lowest BCUT2D eigenvalue weighted by atomic mass is 10.2. The predicted molar refractivity (Wildman–Crippen MR) is 126 cm³/mol. The minimum absolute atomic E-state index is 0.103. The Balaban J connectivity index is 1.39. The second-order valence-electron chi connectivity index (χ2n) is 7.46. The Labute approximate surface area is 191 Å². The Morgan fingerprint density at radius 1 is 1.10 bits per heavy atom. The molecule has 1 fully saturated rings. The number of benzene rings is 2. The average molecular weight is 452 g/mol. The van der Waals surface area contributed by atoms with Gasteiger partial charge in [-0.3, -0.25) is 4.79 Å². The van der Waals surface area contributed by atoms with Crippen LogP contribution in [0.3, 0.4) is 0 Å². The topological polar surface area (TPSA) is 64.1 Å². The van der Waals surface area contributed by atoms with Crippen LogP contribution in [0.1, 0.15) is 34.6 Å². The van der Waals surface area contributed by atoms with E-state index in [9.17, 15) is 4.79 Å². The normalized spacial score (nSPS) is 15.7. The molecule has 7 heteroatoms. The number of nitrogens with one attached hydrogen (secondary N) is 1. The number of hydrogen-bond donors (Lipinski definition) is 1. The fraction of sp³-hybridized carbons (Fsp3) is 0.292. The van der Waals surface area contributed by atoms with Gasteiger partial charge in [0.25, 0.3) is 5.91 Å². The van der Waals surface area contributed by atoms with Crippen LogP contribution in [0.25, 0.3) is 0 Å². The zero-order chi connectivity index (χ0) is 21.6. The summed E-state index contributed by atoms with van der Waals surface area (Å²) in [5.74, 6) is 0.768. The summed E-state index contributed by atoms with van der Waals surface area (Å²) in [6.45, 7) is 4.78. The van der Waals surface area contributed by atoms with Crippen molar-refractivity contribution >= 4 is 35.1 Å². The molecule has 1 unspecified atom stereocenters. The summed E-state index contributed by atoms with van der Waals surface area (Å²) in [5.41, 5.74) is 3.35. The zero-order valence-electron chi connectivity index (χ0n) is 17.6. The third kappa shape index (κ3) is 6.09. The molecule has 1 aliphatic heterocycles. The molecule has 1 saturated heterocycles. The monoisotopic (exact) mass is 451 g/mol. The van der Waals surface area contributed by atoms with Gasteiger partial charge in [0.05, 0.1) is 11.7 Å². The van der Waals surface area contributed by atoms with Crippen molar-refractivity contribution < 1.29 is 9.53 Å². The van der Waals surface area contributed by atoms with E-state index in [1.165, 1.54) is 11.8 Å². The molecule has 1 N–H and O–H groups in total. The van der Waals surface area contributed by atoms with Crippen molar-refractivity contribution in [2.75, 3.05) is 17.7 Å². The molecule has 2 aromatic carbocycles. The highest BCUT2D eigenvalue weighted by Crippen LogP contribution is 2.29. The Morgan fingerprint density at radius 3 is 2.55 bits per heavy atom. The smallest absolute Gasteiger partial charge is 0.256 e. The van der Waals surface area contributed by atoms with E-state index in [0.717, 1.165) is 57.2 Å². The molecule has 0 bridgehead atoms. The molecule has 4 rings (SSSR count). The largest absolute Gasteiger partial charge is 0.377 e. The van der Waals surface area contributed by atoms with E-state index < -0.39 is 0 Å². The van der Waals surface area contributed by atoms with Gasteiger partial charge in [-0.2, -0.15) is 0 Å². The van der Waals surface area contributed by atoms with Crippen LogP contribution in [-0.2, 0) is 4.74 Å². The van der Waals surface area contributed by atoms with E-state index in [2.05, 4.69) is 15.3 Å². The van der Waals surface area contributed by atoms with Crippen LogP contribution in [-0.4, -0.2) is 34.3 Å². The Bertz CT molecular complexity index is 1030. The molecule has 0 saturated carbocycles. The molecule has 0 spiro atoms. The highest BCUT2D eigenvalue weighted by atomic mass is 32.2. The summed E-state index contributed by atoms with van der Waals surface area (Å²) in [7, 11) is 0. The fourth-order valence-electron chi connectivity index (χ4n) is 3.39. The quantitative estimate of drug-likeness (QED) is 0.363. The number of aryl methyl sites for hydroxylation is 2. The summed E-state index contributed by atoms with van der Waals surface area (Å²) < 4.78 is 5.71. The second-order valence-corrected chi connectivity index (χ2v) is 9.56. The number of aromatic nitrogens is 2. The van der Waals surface area contributed by atoms with Gasteiger partial charge in [-0.05, 0) is 80.9 Å². The van der Waals surface area contributed by atoms with E-state index >= 15 is 0 Å². The lowest BCUT2D eigenvalue weighted by Gasteiger charge is -2.12. The van der Waals surface area contributed by atoms with Crippen molar-refractivity contribution in [3.05, 3.63) is 71.5 Å². The first-order chi connectivity index (χ1) is 15.1. The van der Waals surface area contributed by atoms with Gasteiger partial charge in [0.1, 0.15) is 0 Å². The molecule has 2 heterocycles. The summed E-state index contributed by atoms with van der Waals surface area (Å²) in [5, 5.41) is 3.74. The van der Waals surface area contributed by atoms with Crippen LogP contribution < -0.4 is 5.32 Å². The lowest BCUT2D eigenvalue weighted by Crippen LogP contribution is -2.14. The standard InChI is InChI=1S/C24H25N3O2S2/c1-16-14-17(2)26-24(25-16)31-20-11-9-18(10-12-20)27-23(28)21-7-3-4-8-22(21)30-15-19-6-5-13-29-19/h3-4,7-12,14,19H,5-6,13,15H2,1-2H3,(H,27,28). The molecule has 1 atom stereocenters. The molecule has 5 nitrogen and oxygen atoms in total. The molecule has 1 amide bonds. The highest BCUT2D eigenvalue weighted by molar-refractivity contribution is 7.99. The second kappa shape index (κ2) is 10.3. The minimum atomic E-state index is -0.103. The molecule has 1 aliphatic rings. The van der Waals surface area contributed by atoms with Crippen LogP contribution in [0, 0.1) is 13.8 Å². The van der Waals surface area contributed by atoms with E-state index in [4.69, 9.17) is 4.74 Å². The molecule has 1 aromatic heterocycles. The molecule has 160 valence electrons. The number of carbonyl (C=O) groups excluding carboxylic acids is 1. The first kappa shape index (κ1) is 21.9. The number of thioether (sulfide) groups is 1. The van der Waals surface area contributed by atoms with Crippen LogP contribution in [0.5, 0.6) is 0 Å². The van der Waals surface area contributed by atoms with Crippen LogP contribution in [0.15, 0.2) is 69.5 Å². The zero-order valence-corrected chi connectivity index (χ0v) is 19.3. The van der Waals surface area contributed by atoms with Crippen molar-refractivity contribution in [2.45, 2.75) is 47.7 Å². The van der Waals surface area contributed by atoms with Crippen LogP contribution in [0.4, 0.5) is 5.69 Å². The molecular weight excluding hydrogens is 426 g/mol. The van der Waals surface area contributed by atoms with Gasteiger partial charge in [0.2, 0.25) is 0 Å². The third-order valence-electron chi connectivity index (χ3n) is 4.86. The van der Waals surface area contributed by atoms with Crippen molar-refractivity contribution in [3.63, 3.8) is 0 Å². The number of amides is 1. The Morgan fingerprint density at radius 2 is 1.84 bits per heavy atom. The fourth-order valence-corrected chi connectivity index (χ4v) is 5.37. The number of hydrogen-bond acceptors (Lipinski definition) is 6. The number of ether oxygens (including phenoxy) is 1. The number of nitrogens with zero attached hydrogens (tertiary/aromatic N) is 2. The van der Waals surface area contributed by atoms with E-state index in [0.29, 0.717) is 5.56 Å². The van der Waals surface area contributed by atoms with Crippen LogP contribution >= 0.6 is 23.5 Å². The minimum Gasteiger partial charge on any atom is -0.377 e. The summed E-state index contributed by atoms with van der Waals surface area (Å²) >= 11 is 3.20. The van der Waals surface area contributed by atoms with E-state index in [-0.39, 0.29) is 12.0 Å². The summed E-state index contributed by atoms with van der Waals surface area (Å²) in [4.78, 5) is 23.8. The SMILES string of the molecule is Cc1cc(C)nc(Sc2ccc(NC(=O)c3ccccc3SCC3CCCO3)cc2)n1. The molecule has 31 heavy (non-hydrogen) atoms. The van der Waals surface area contributed by atoms with Gasteiger partial charge in [0, 0.05) is 39.2 Å². The third-order valence-corrected chi connectivity index (χ3v) is 6.94. The van der Waals surface area contributed by atoms with Crippen molar-refractivity contribution in [1.29, 1.82) is 0 Å². The first-order valence-corrected chi connectivity index (χ1v) is 12.1. The van der Waals surface area contributed by atoms with Crippen LogP contribution in [0.2, 0.25) is 0 Å². The molecule has 0 aliphatic carbocycles. The van der Waals surface area contributed by atoms with Gasteiger partial charge in [0.15, 0.2) is 5.16 Å². The number of rotatable bonds is 7. The highest BCUT2D eigenvalue weighted by Gasteiger charge is 2.18. The molecule has 0 radical (unpaired) electrons. The summed E-state index contributed by atoms with van der Waals surface area (Å²) in [6, 6.07) is 17.5. The van der Waals surface area contributed by atoms with Gasteiger partial charge < -0.3 is 10.1 Å². The van der Waals surface area contributed by atoms with E-state index in [1.54, 1.807) is 11.8 Å². The maximum Gasteiger partial charge on any atom is 0.256 e. The van der Waals surface area contributed by atoms with E-state index in [1.807, 2.05) is 68.4 Å². The molecular formula is C24H25N3O2S2. The maximum absolute atomic E-state index is 12.9. The number of anilines is 1. The summed E-state index contributed by atoms with van der Waals surface area (Å²) in [6.07, 6.45) is 2.50. The first-order valence-electron chi connectivity index (χ1n) is 10.3. The van der Waals surface area contributed by atoms with Gasteiger partial charge in [-0.25, -0.2) is 9.97 Å². The predicted octanol–water partition coefficient (Wildman–Crippen LogP) is 5.77. The Kier molecular flexibility index (Phi) is 7.27. The van der Waals surface area contributed by atoms with Crippen molar-refractivity contribution in [2.24, 2.45) is 0 Å². The Hall–Kier alpha value is -2.35. The van der Waals surface area contributed by atoms with Crippen molar-refractivity contribution in [1.82, 2.24) is 9.97 Å². The average Bonchev–Trinajstić information content (AvgIpc) is 3.27. The van der Waals surface area contributed by atoms with Gasteiger partial charge in [-0.15, -0.1) is 11.8 Å². The van der Waals surface area contributed by atoms with Crippen molar-refractivity contribution in [3.8, 4) is 0 Å². The van der Waals surface area contributed by atoms with Gasteiger partial charge >= 0.3 is 0 Å². The van der Waals surface area contributed by atoms with Gasteiger partial charge in [-0.1, -0.05) is 12.1 Å². The molecule has 3 aromatic rings. The number of carbonyl (C=O) groups is 1.